The van der Waals surface area contributed by atoms with Gasteiger partial charge in [0.15, 0.2) is 0 Å². The number of aromatic amines is 1. The number of fused-ring (bicyclic) bond motifs is 1. The van der Waals surface area contributed by atoms with Gasteiger partial charge in [-0.2, -0.15) is 5.10 Å². The van der Waals surface area contributed by atoms with E-state index in [1.807, 2.05) is 0 Å². The molecule has 4 rings (SSSR count). The monoisotopic (exact) mass is 326 g/mol. The van der Waals surface area contributed by atoms with Crippen molar-refractivity contribution >= 4 is 0 Å². The maximum atomic E-state index is 5.70. The molecule has 128 valence electrons. The van der Waals surface area contributed by atoms with Gasteiger partial charge in [0, 0.05) is 61.9 Å². The number of benzene rings is 1. The van der Waals surface area contributed by atoms with Crippen LogP contribution in [0, 0.1) is 5.92 Å². The van der Waals surface area contributed by atoms with E-state index < -0.39 is 0 Å². The minimum absolute atomic E-state index is 0.593. The Labute approximate surface area is 143 Å². The molecule has 2 aliphatic rings. The van der Waals surface area contributed by atoms with Crippen molar-refractivity contribution in [2.24, 2.45) is 5.92 Å². The summed E-state index contributed by atoms with van der Waals surface area (Å²) in [6, 6.07) is 10.5. The summed E-state index contributed by atoms with van der Waals surface area (Å²) in [5.41, 5.74) is 5.06. The standard InChI is InChI=1S/C19H26N4O/c1-2-4-16(5-3-1)19-17-6-9-23(10-7-18(17)21-22-19)13-15-12-20-8-11-24-14-15/h1-5,15,20H,6-14H2,(H,21,22). The maximum Gasteiger partial charge on any atom is 0.0955 e. The van der Waals surface area contributed by atoms with Crippen LogP contribution in [0.3, 0.4) is 0 Å². The fraction of sp³-hybridized carbons (Fsp3) is 0.526. The Kier molecular flexibility index (Phi) is 4.92. The van der Waals surface area contributed by atoms with Crippen LogP contribution in [0.25, 0.3) is 11.3 Å². The third kappa shape index (κ3) is 3.53. The molecule has 24 heavy (non-hydrogen) atoms. The maximum absolute atomic E-state index is 5.70. The summed E-state index contributed by atoms with van der Waals surface area (Å²) < 4.78 is 5.70. The summed E-state index contributed by atoms with van der Waals surface area (Å²) in [7, 11) is 0. The van der Waals surface area contributed by atoms with Crippen molar-refractivity contribution in [2.45, 2.75) is 12.8 Å². The summed E-state index contributed by atoms with van der Waals surface area (Å²) in [4.78, 5) is 2.59. The molecule has 2 N–H and O–H groups in total. The second kappa shape index (κ2) is 7.47. The van der Waals surface area contributed by atoms with Crippen LogP contribution in [0.15, 0.2) is 30.3 Å². The van der Waals surface area contributed by atoms with Gasteiger partial charge in [0.25, 0.3) is 0 Å². The molecule has 2 aliphatic heterocycles. The van der Waals surface area contributed by atoms with Crippen LogP contribution in [0.2, 0.25) is 0 Å². The fourth-order valence-electron chi connectivity index (χ4n) is 3.79. The van der Waals surface area contributed by atoms with E-state index >= 15 is 0 Å². The first-order chi connectivity index (χ1) is 11.9. The Bertz CT molecular complexity index is 647. The minimum atomic E-state index is 0.593. The van der Waals surface area contributed by atoms with Crippen LogP contribution in [-0.4, -0.2) is 61.0 Å². The van der Waals surface area contributed by atoms with Crippen molar-refractivity contribution in [3.05, 3.63) is 41.6 Å². The fourth-order valence-corrected chi connectivity index (χ4v) is 3.79. The highest BCUT2D eigenvalue weighted by molar-refractivity contribution is 5.64. The van der Waals surface area contributed by atoms with Crippen molar-refractivity contribution in [1.82, 2.24) is 20.4 Å². The highest BCUT2D eigenvalue weighted by Crippen LogP contribution is 2.26. The zero-order valence-electron chi connectivity index (χ0n) is 14.1. The molecule has 1 aromatic heterocycles. The number of ether oxygens (including phenoxy) is 1. The van der Waals surface area contributed by atoms with E-state index in [0.717, 1.165) is 64.5 Å². The number of nitrogens with one attached hydrogen (secondary N) is 2. The normalized spacial score (nSPS) is 22.6. The van der Waals surface area contributed by atoms with Crippen LogP contribution in [0.1, 0.15) is 11.3 Å². The minimum Gasteiger partial charge on any atom is -0.380 e. The van der Waals surface area contributed by atoms with Crippen LogP contribution >= 0.6 is 0 Å². The molecule has 3 heterocycles. The Hall–Kier alpha value is -1.69. The predicted octanol–water partition coefficient (Wildman–Crippen LogP) is 1.71. The Balaban J connectivity index is 1.44. The van der Waals surface area contributed by atoms with E-state index in [-0.39, 0.29) is 0 Å². The summed E-state index contributed by atoms with van der Waals surface area (Å²) in [5.74, 6) is 0.593. The lowest BCUT2D eigenvalue weighted by Crippen LogP contribution is -2.37. The molecule has 5 nitrogen and oxygen atoms in total. The summed E-state index contributed by atoms with van der Waals surface area (Å²) in [6.45, 7) is 7.08. The average molecular weight is 326 g/mol. The van der Waals surface area contributed by atoms with Crippen molar-refractivity contribution in [3.8, 4) is 11.3 Å². The summed E-state index contributed by atoms with van der Waals surface area (Å²) in [6.07, 6.45) is 2.12. The highest BCUT2D eigenvalue weighted by atomic mass is 16.5. The highest BCUT2D eigenvalue weighted by Gasteiger charge is 2.22. The van der Waals surface area contributed by atoms with Crippen LogP contribution in [0.4, 0.5) is 0 Å². The van der Waals surface area contributed by atoms with Gasteiger partial charge in [-0.05, 0) is 6.42 Å². The molecule has 1 saturated heterocycles. The van der Waals surface area contributed by atoms with E-state index in [9.17, 15) is 0 Å². The molecule has 0 spiro atoms. The lowest BCUT2D eigenvalue weighted by Gasteiger charge is -2.25. The molecule has 0 radical (unpaired) electrons. The molecule has 0 saturated carbocycles. The predicted molar refractivity (Wildman–Crippen MR) is 95.1 cm³/mol. The molecule has 1 fully saturated rings. The first-order valence-electron chi connectivity index (χ1n) is 9.02. The van der Waals surface area contributed by atoms with E-state index in [1.165, 1.54) is 16.8 Å². The van der Waals surface area contributed by atoms with Crippen molar-refractivity contribution in [2.75, 3.05) is 45.9 Å². The topological polar surface area (TPSA) is 53.2 Å². The second-order valence-electron chi connectivity index (χ2n) is 6.84. The molecule has 0 bridgehead atoms. The Morgan fingerprint density at radius 1 is 1.17 bits per heavy atom. The average Bonchev–Trinajstić information content (AvgIpc) is 2.78. The van der Waals surface area contributed by atoms with Gasteiger partial charge in [0.1, 0.15) is 0 Å². The Morgan fingerprint density at radius 3 is 2.96 bits per heavy atom. The van der Waals surface area contributed by atoms with Crippen LogP contribution in [-0.2, 0) is 17.6 Å². The van der Waals surface area contributed by atoms with E-state index in [1.54, 1.807) is 0 Å². The molecule has 0 aliphatic carbocycles. The summed E-state index contributed by atoms with van der Waals surface area (Å²) >= 11 is 0. The third-order valence-corrected chi connectivity index (χ3v) is 5.08. The molecular formula is C19H26N4O. The van der Waals surface area contributed by atoms with E-state index in [0.29, 0.717) is 5.92 Å². The molecule has 0 amide bonds. The number of hydrogen-bond acceptors (Lipinski definition) is 4. The third-order valence-electron chi connectivity index (χ3n) is 5.08. The van der Waals surface area contributed by atoms with Gasteiger partial charge in [-0.25, -0.2) is 0 Å². The van der Waals surface area contributed by atoms with Crippen molar-refractivity contribution in [1.29, 1.82) is 0 Å². The number of rotatable bonds is 3. The van der Waals surface area contributed by atoms with Crippen LogP contribution in [0.5, 0.6) is 0 Å². The SMILES string of the molecule is c1ccc(-c2n[nH]c3c2CCN(CC2CNCCOC2)CC3)cc1. The summed E-state index contributed by atoms with van der Waals surface area (Å²) in [5, 5.41) is 11.4. The Morgan fingerprint density at radius 2 is 2.04 bits per heavy atom. The molecule has 2 aromatic rings. The number of nitrogens with zero attached hydrogens (tertiary/aromatic N) is 2. The lowest BCUT2D eigenvalue weighted by molar-refractivity contribution is 0.105. The van der Waals surface area contributed by atoms with E-state index in [2.05, 4.69) is 50.7 Å². The zero-order valence-corrected chi connectivity index (χ0v) is 14.1. The van der Waals surface area contributed by atoms with E-state index in [4.69, 9.17) is 4.74 Å². The van der Waals surface area contributed by atoms with Gasteiger partial charge >= 0.3 is 0 Å². The second-order valence-corrected chi connectivity index (χ2v) is 6.84. The smallest absolute Gasteiger partial charge is 0.0955 e. The quantitative estimate of drug-likeness (QED) is 0.902. The van der Waals surface area contributed by atoms with Gasteiger partial charge in [0.2, 0.25) is 0 Å². The van der Waals surface area contributed by atoms with Crippen molar-refractivity contribution < 1.29 is 4.74 Å². The van der Waals surface area contributed by atoms with Gasteiger partial charge in [0.05, 0.1) is 18.9 Å². The van der Waals surface area contributed by atoms with Crippen molar-refractivity contribution in [3.63, 3.8) is 0 Å². The lowest BCUT2D eigenvalue weighted by atomic mass is 10.0. The number of aromatic nitrogens is 2. The number of H-pyrrole nitrogens is 1. The van der Waals surface area contributed by atoms with Gasteiger partial charge in [-0.15, -0.1) is 0 Å². The zero-order chi connectivity index (χ0) is 16.2. The first kappa shape index (κ1) is 15.8. The molecule has 1 aromatic carbocycles. The van der Waals surface area contributed by atoms with Gasteiger partial charge < -0.3 is 15.0 Å². The molecular weight excluding hydrogens is 300 g/mol. The number of hydrogen-bond donors (Lipinski definition) is 2. The largest absolute Gasteiger partial charge is 0.380 e. The van der Waals surface area contributed by atoms with Gasteiger partial charge in [-0.3, -0.25) is 5.10 Å². The first-order valence-corrected chi connectivity index (χ1v) is 9.02. The molecule has 1 atom stereocenters. The van der Waals surface area contributed by atoms with Gasteiger partial charge in [-0.1, -0.05) is 30.3 Å². The van der Waals surface area contributed by atoms with Crippen LogP contribution < -0.4 is 5.32 Å². The molecule has 5 heteroatoms. The molecule has 1 unspecified atom stereocenters.